The Morgan fingerprint density at radius 2 is 1.95 bits per heavy atom. The number of benzene rings is 2. The molecule has 2 rings (SSSR count). The van der Waals surface area contributed by atoms with Gasteiger partial charge in [-0.25, -0.2) is 4.39 Å². The molecule has 1 atom stereocenters. The number of nitrogens with one attached hydrogen (secondary N) is 1. The average Bonchev–Trinajstić information content (AvgIpc) is 2.49. The molecule has 1 unspecified atom stereocenters. The minimum absolute atomic E-state index is 0.222. The van der Waals surface area contributed by atoms with Crippen LogP contribution >= 0.6 is 23.4 Å². The summed E-state index contributed by atoms with van der Waals surface area (Å²) in [6, 6.07) is 12.9. The number of halogens is 2. The van der Waals surface area contributed by atoms with Crippen molar-refractivity contribution in [2.24, 2.45) is 0 Å². The normalized spacial score (nSPS) is 12.4. The van der Waals surface area contributed by atoms with Crippen LogP contribution in [0.1, 0.15) is 31.9 Å². The van der Waals surface area contributed by atoms with Gasteiger partial charge in [-0.1, -0.05) is 48.5 Å². The number of hydrogen-bond donors (Lipinski definition) is 1. The zero-order chi connectivity index (χ0) is 15.2. The first kappa shape index (κ1) is 16.3. The van der Waals surface area contributed by atoms with E-state index in [0.717, 1.165) is 23.4 Å². The highest BCUT2D eigenvalue weighted by molar-refractivity contribution is 7.99. The third-order valence-electron chi connectivity index (χ3n) is 3.21. The van der Waals surface area contributed by atoms with Crippen LogP contribution < -0.4 is 5.32 Å². The van der Waals surface area contributed by atoms with Gasteiger partial charge < -0.3 is 5.32 Å². The van der Waals surface area contributed by atoms with Crippen LogP contribution in [0.5, 0.6) is 0 Å². The summed E-state index contributed by atoms with van der Waals surface area (Å²) in [5.41, 5.74) is 1.14. The fourth-order valence-electron chi connectivity index (χ4n) is 1.99. The summed E-state index contributed by atoms with van der Waals surface area (Å²) >= 11 is 7.69. The van der Waals surface area contributed by atoms with E-state index >= 15 is 0 Å². The van der Waals surface area contributed by atoms with Gasteiger partial charge in [-0.05, 0) is 49.7 Å². The molecule has 0 saturated carbocycles. The molecule has 0 aliphatic carbocycles. The van der Waals surface area contributed by atoms with Crippen LogP contribution in [0.2, 0.25) is 5.02 Å². The highest BCUT2D eigenvalue weighted by atomic mass is 35.5. The minimum Gasteiger partial charge on any atom is -0.310 e. The van der Waals surface area contributed by atoms with Crippen LogP contribution in [0.4, 0.5) is 4.39 Å². The van der Waals surface area contributed by atoms with Gasteiger partial charge in [0, 0.05) is 15.8 Å². The second-order valence-electron chi connectivity index (χ2n) is 4.90. The number of rotatable bonds is 6. The van der Waals surface area contributed by atoms with Gasteiger partial charge >= 0.3 is 0 Å². The largest absolute Gasteiger partial charge is 0.310 e. The molecule has 4 heteroatoms. The maximum atomic E-state index is 13.7. The van der Waals surface area contributed by atoms with E-state index in [1.807, 2.05) is 24.3 Å². The molecule has 1 N–H and O–H groups in total. The smallest absolute Gasteiger partial charge is 0.137 e. The zero-order valence-corrected chi connectivity index (χ0v) is 13.8. The van der Waals surface area contributed by atoms with E-state index in [1.54, 1.807) is 12.1 Å². The van der Waals surface area contributed by atoms with Crippen molar-refractivity contribution in [1.29, 1.82) is 0 Å². The average molecular weight is 324 g/mol. The highest BCUT2D eigenvalue weighted by Gasteiger charge is 2.10. The van der Waals surface area contributed by atoms with Gasteiger partial charge in [-0.2, -0.15) is 0 Å². The van der Waals surface area contributed by atoms with Gasteiger partial charge in [-0.15, -0.1) is 0 Å². The van der Waals surface area contributed by atoms with Crippen molar-refractivity contribution >= 4 is 23.4 Å². The van der Waals surface area contributed by atoms with Crippen molar-refractivity contribution in [2.45, 2.75) is 36.1 Å². The molecule has 0 aromatic heterocycles. The van der Waals surface area contributed by atoms with Crippen molar-refractivity contribution in [3.63, 3.8) is 0 Å². The van der Waals surface area contributed by atoms with Gasteiger partial charge in [-0.3, -0.25) is 0 Å². The molecule has 0 aliphatic heterocycles. The zero-order valence-electron chi connectivity index (χ0n) is 12.2. The standard InChI is InChI=1S/C17H19ClFNS/c1-3-10-20-12(2)13-8-9-16(14(18)11-13)21-17-7-5-4-6-15(17)19/h4-9,11-12,20H,3,10H2,1-2H3. The fourth-order valence-corrected chi connectivity index (χ4v) is 3.14. The first-order valence-electron chi connectivity index (χ1n) is 7.07. The molecule has 1 nitrogen and oxygen atoms in total. The van der Waals surface area contributed by atoms with Crippen LogP contribution in [0.25, 0.3) is 0 Å². The van der Waals surface area contributed by atoms with Crippen molar-refractivity contribution in [1.82, 2.24) is 5.32 Å². The summed E-state index contributed by atoms with van der Waals surface area (Å²) in [7, 11) is 0. The molecule has 0 fully saturated rings. The summed E-state index contributed by atoms with van der Waals surface area (Å²) in [5, 5.41) is 4.09. The Morgan fingerprint density at radius 3 is 2.62 bits per heavy atom. The maximum absolute atomic E-state index is 13.7. The van der Waals surface area contributed by atoms with E-state index in [0.29, 0.717) is 9.92 Å². The highest BCUT2D eigenvalue weighted by Crippen LogP contribution is 2.35. The van der Waals surface area contributed by atoms with Crippen LogP contribution in [0.15, 0.2) is 52.3 Å². The van der Waals surface area contributed by atoms with Crippen molar-refractivity contribution in [3.8, 4) is 0 Å². The first-order chi connectivity index (χ1) is 10.1. The van der Waals surface area contributed by atoms with Gasteiger partial charge in [0.2, 0.25) is 0 Å². The molecule has 0 aliphatic rings. The van der Waals surface area contributed by atoms with E-state index in [-0.39, 0.29) is 11.9 Å². The molecule has 0 radical (unpaired) electrons. The number of hydrogen-bond acceptors (Lipinski definition) is 2. The van der Waals surface area contributed by atoms with Crippen LogP contribution in [-0.4, -0.2) is 6.54 Å². The summed E-state index contributed by atoms with van der Waals surface area (Å²) in [6.45, 7) is 5.23. The maximum Gasteiger partial charge on any atom is 0.137 e. The van der Waals surface area contributed by atoms with Crippen LogP contribution in [-0.2, 0) is 0 Å². The lowest BCUT2D eigenvalue weighted by molar-refractivity contribution is 0.570. The molecule has 0 spiro atoms. The Kier molecular flexibility index (Phi) is 6.09. The first-order valence-corrected chi connectivity index (χ1v) is 8.26. The molecule has 0 bridgehead atoms. The predicted molar refractivity (Wildman–Crippen MR) is 88.7 cm³/mol. The van der Waals surface area contributed by atoms with Gasteiger partial charge in [0.15, 0.2) is 0 Å². The van der Waals surface area contributed by atoms with Crippen molar-refractivity contribution < 1.29 is 4.39 Å². The Labute approximate surface area is 134 Å². The lowest BCUT2D eigenvalue weighted by atomic mass is 10.1. The second kappa shape index (κ2) is 7.83. The predicted octanol–water partition coefficient (Wildman–Crippen LogP) is 5.69. The molecule has 2 aromatic rings. The molecular formula is C17H19ClFNS. The Hall–Kier alpha value is -1.03. The van der Waals surface area contributed by atoms with Crippen molar-refractivity contribution in [2.75, 3.05) is 6.54 Å². The summed E-state index contributed by atoms with van der Waals surface area (Å²) in [5.74, 6) is -0.222. The van der Waals surface area contributed by atoms with Crippen LogP contribution in [0, 0.1) is 5.82 Å². The van der Waals surface area contributed by atoms with E-state index in [9.17, 15) is 4.39 Å². The topological polar surface area (TPSA) is 12.0 Å². The quantitative estimate of drug-likeness (QED) is 0.732. The molecule has 112 valence electrons. The molecule has 2 aromatic carbocycles. The molecule has 21 heavy (non-hydrogen) atoms. The Bertz CT molecular complexity index is 603. The third-order valence-corrected chi connectivity index (χ3v) is 4.76. The van der Waals surface area contributed by atoms with Gasteiger partial charge in [0.05, 0.1) is 5.02 Å². The van der Waals surface area contributed by atoms with E-state index in [4.69, 9.17) is 11.6 Å². The van der Waals surface area contributed by atoms with Crippen LogP contribution in [0.3, 0.4) is 0 Å². The summed E-state index contributed by atoms with van der Waals surface area (Å²) in [4.78, 5) is 1.46. The second-order valence-corrected chi connectivity index (χ2v) is 6.39. The fraction of sp³-hybridized carbons (Fsp3) is 0.294. The Morgan fingerprint density at radius 1 is 1.19 bits per heavy atom. The summed E-state index contributed by atoms with van der Waals surface area (Å²) < 4.78 is 13.7. The summed E-state index contributed by atoms with van der Waals surface area (Å²) in [6.07, 6.45) is 1.10. The van der Waals surface area contributed by atoms with E-state index < -0.39 is 0 Å². The molecular weight excluding hydrogens is 305 g/mol. The SMILES string of the molecule is CCCNC(C)c1ccc(Sc2ccccc2F)c(Cl)c1. The molecule has 0 amide bonds. The lowest BCUT2D eigenvalue weighted by Gasteiger charge is -2.15. The molecule has 0 saturated heterocycles. The monoisotopic (exact) mass is 323 g/mol. The minimum atomic E-state index is -0.222. The van der Waals surface area contributed by atoms with E-state index in [1.165, 1.54) is 17.8 Å². The third kappa shape index (κ3) is 4.47. The van der Waals surface area contributed by atoms with Gasteiger partial charge in [0.25, 0.3) is 0 Å². The lowest BCUT2D eigenvalue weighted by Crippen LogP contribution is -2.19. The molecule has 0 heterocycles. The van der Waals surface area contributed by atoms with Crippen molar-refractivity contribution in [3.05, 3.63) is 58.9 Å². The Balaban J connectivity index is 2.14. The van der Waals surface area contributed by atoms with Gasteiger partial charge in [0.1, 0.15) is 5.82 Å². The van der Waals surface area contributed by atoms with E-state index in [2.05, 4.69) is 19.2 Å².